The number of esters is 1. The van der Waals surface area contributed by atoms with E-state index in [2.05, 4.69) is 4.74 Å². The first kappa shape index (κ1) is 13.2. The molecule has 4 nitrogen and oxygen atoms in total. The van der Waals surface area contributed by atoms with Gasteiger partial charge in [0.2, 0.25) is 0 Å². The van der Waals surface area contributed by atoms with E-state index in [0.29, 0.717) is 5.92 Å². The summed E-state index contributed by atoms with van der Waals surface area (Å²) in [7, 11) is 0. The highest BCUT2D eigenvalue weighted by molar-refractivity contribution is 6.31. The first-order valence-electron chi connectivity index (χ1n) is 3.13. The van der Waals surface area contributed by atoms with Crippen molar-refractivity contribution >= 4 is 11.9 Å². The van der Waals surface area contributed by atoms with Gasteiger partial charge < -0.3 is 4.74 Å². The van der Waals surface area contributed by atoms with Crippen LogP contribution in [0.2, 0.25) is 0 Å². The van der Waals surface area contributed by atoms with Crippen LogP contribution in [0.15, 0.2) is 0 Å². The fourth-order valence-corrected chi connectivity index (χ4v) is 0.369. The van der Waals surface area contributed by atoms with Gasteiger partial charge in [-0.15, -0.1) is 0 Å². The molecule has 0 aromatic rings. The highest BCUT2D eigenvalue weighted by atomic mass is 19.4. The third-order valence-electron chi connectivity index (χ3n) is 0.834. The third kappa shape index (κ3) is 6.25. The predicted octanol–water partition coefficient (Wildman–Crippen LogP) is 0.693. The summed E-state index contributed by atoms with van der Waals surface area (Å²) in [5.41, 5.74) is 0. The van der Waals surface area contributed by atoms with Gasteiger partial charge in [0.25, 0.3) is 0 Å². The van der Waals surface area contributed by atoms with Crippen LogP contribution in [-0.4, -0.2) is 30.0 Å². The van der Waals surface area contributed by atoms with E-state index in [1.165, 1.54) is 5.92 Å². The van der Waals surface area contributed by atoms with Crippen LogP contribution in [0, 0.1) is 11.8 Å². The molecule has 84 valence electrons. The Morgan fingerprint density at radius 3 is 2.20 bits per heavy atom. The number of carbonyl (C=O) groups is 2. The minimum Gasteiger partial charge on any atom is -0.445 e. The van der Waals surface area contributed by atoms with E-state index >= 15 is 0 Å². The maximum absolute atomic E-state index is 11.4. The highest BCUT2D eigenvalue weighted by Gasteiger charge is 2.24. The number of amides is 1. The Balaban J connectivity index is 4.02. The van der Waals surface area contributed by atoms with Crippen molar-refractivity contribution in [1.82, 2.24) is 5.34 Å². The van der Waals surface area contributed by atoms with Crippen LogP contribution < -0.4 is 0 Å². The lowest BCUT2D eigenvalue weighted by Crippen LogP contribution is -2.26. The summed E-state index contributed by atoms with van der Waals surface area (Å²) in [6.07, 6.45) is -4.78. The second-order valence-corrected chi connectivity index (χ2v) is 1.91. The Morgan fingerprint density at radius 2 is 1.80 bits per heavy atom. The van der Waals surface area contributed by atoms with E-state index in [1.807, 2.05) is 0 Å². The zero-order valence-corrected chi connectivity index (χ0v) is 6.77. The van der Waals surface area contributed by atoms with Crippen molar-refractivity contribution in [2.45, 2.75) is 6.18 Å². The van der Waals surface area contributed by atoms with E-state index < -0.39 is 30.0 Å². The van der Waals surface area contributed by atoms with E-state index in [4.69, 9.17) is 0 Å². The lowest BCUT2D eigenvalue weighted by atomic mass is 10.5. The van der Waals surface area contributed by atoms with Crippen molar-refractivity contribution in [1.29, 1.82) is 0 Å². The molecular weight excluding hydrogens is 229 g/mol. The average molecular weight is 231 g/mol. The van der Waals surface area contributed by atoms with Gasteiger partial charge in [0.15, 0.2) is 6.61 Å². The number of hydrogen-bond donors (Lipinski definition) is 0. The molecule has 0 aliphatic heterocycles. The second kappa shape index (κ2) is 5.14. The summed E-state index contributed by atoms with van der Waals surface area (Å²) >= 11 is 0. The average Bonchev–Trinajstić information content (AvgIpc) is 2.09. The number of halogens is 5. The maximum Gasteiger partial charge on any atom is 0.457 e. The monoisotopic (exact) mass is 231 g/mol. The maximum atomic E-state index is 11.4. The number of carbonyl (C=O) groups excluding carboxylic acids is 2. The number of hydrogen-bond acceptors (Lipinski definition) is 3. The van der Waals surface area contributed by atoms with Crippen LogP contribution in [-0.2, 0) is 14.3 Å². The van der Waals surface area contributed by atoms with Gasteiger partial charge in [-0.2, -0.15) is 13.2 Å². The molecule has 0 atom stereocenters. The summed E-state index contributed by atoms with van der Waals surface area (Å²) in [4.78, 5) is 20.3. The van der Waals surface area contributed by atoms with Crippen LogP contribution >= 0.6 is 0 Å². The van der Waals surface area contributed by atoms with Crippen molar-refractivity contribution in [2.24, 2.45) is 0 Å². The SMILES string of the molecule is O=C(OCC#CC(F)(F)F)C(=O)N(F)F. The Bertz CT molecular complexity index is 313. The Kier molecular flexibility index (Phi) is 4.50. The van der Waals surface area contributed by atoms with Crippen LogP contribution in [0.3, 0.4) is 0 Å². The topological polar surface area (TPSA) is 46.6 Å². The summed E-state index contributed by atoms with van der Waals surface area (Å²) in [6.45, 7) is -1.10. The molecule has 0 aliphatic carbocycles. The van der Waals surface area contributed by atoms with Crippen LogP contribution in [0.4, 0.5) is 22.1 Å². The first-order chi connectivity index (χ1) is 6.74. The molecule has 0 radical (unpaired) electrons. The molecule has 0 rings (SSSR count). The highest BCUT2D eigenvalue weighted by Crippen LogP contribution is 2.11. The van der Waals surface area contributed by atoms with Gasteiger partial charge in [0.05, 0.1) is 0 Å². The Hall–Kier alpha value is -1.85. The number of alkyl halides is 3. The molecule has 0 fully saturated rings. The normalized spacial score (nSPS) is 9.93. The van der Waals surface area contributed by atoms with Crippen molar-refractivity contribution in [3.63, 3.8) is 0 Å². The van der Waals surface area contributed by atoms with Crippen molar-refractivity contribution in [2.75, 3.05) is 6.61 Å². The minimum atomic E-state index is -4.78. The van der Waals surface area contributed by atoms with Gasteiger partial charge >= 0.3 is 18.1 Å². The fourth-order valence-electron chi connectivity index (χ4n) is 0.369. The smallest absolute Gasteiger partial charge is 0.445 e. The summed E-state index contributed by atoms with van der Waals surface area (Å²) in [5.74, 6) is -2.26. The number of nitrogens with zero attached hydrogens (tertiary/aromatic N) is 1. The molecule has 0 heterocycles. The molecule has 15 heavy (non-hydrogen) atoms. The van der Waals surface area contributed by atoms with Gasteiger partial charge in [0, 0.05) is 11.3 Å². The van der Waals surface area contributed by atoms with Crippen molar-refractivity contribution in [3.8, 4) is 11.8 Å². The number of ether oxygens (including phenoxy) is 1. The van der Waals surface area contributed by atoms with Crippen LogP contribution in [0.5, 0.6) is 0 Å². The molecule has 0 aliphatic rings. The largest absolute Gasteiger partial charge is 0.457 e. The zero-order valence-electron chi connectivity index (χ0n) is 6.77. The first-order valence-corrected chi connectivity index (χ1v) is 3.13. The summed E-state index contributed by atoms with van der Waals surface area (Å²) in [6, 6.07) is 0. The Morgan fingerprint density at radius 1 is 1.27 bits per heavy atom. The minimum absolute atomic E-state index is 0.706. The molecule has 1 amide bonds. The third-order valence-corrected chi connectivity index (χ3v) is 0.834. The zero-order chi connectivity index (χ0) is 12.1. The standard InChI is InChI=1S/C6H2F5NO3/c7-6(8,9)2-1-3-15-5(14)4(13)12(10)11/h3H2. The lowest BCUT2D eigenvalue weighted by molar-refractivity contribution is -0.196. The van der Waals surface area contributed by atoms with Gasteiger partial charge in [-0.25, -0.2) is 4.79 Å². The molecule has 0 unspecified atom stereocenters. The van der Waals surface area contributed by atoms with E-state index in [1.54, 1.807) is 0 Å². The molecule has 0 spiro atoms. The van der Waals surface area contributed by atoms with Gasteiger partial charge in [-0.3, -0.25) is 4.79 Å². The van der Waals surface area contributed by atoms with Gasteiger partial charge in [-0.1, -0.05) is 14.9 Å². The van der Waals surface area contributed by atoms with E-state index in [0.717, 1.165) is 0 Å². The molecule has 0 N–H and O–H groups in total. The summed E-state index contributed by atoms with van der Waals surface area (Å²) < 4.78 is 60.4. The molecule has 0 saturated carbocycles. The van der Waals surface area contributed by atoms with E-state index in [9.17, 15) is 31.7 Å². The number of rotatable bonds is 1. The molecule has 0 aromatic carbocycles. The van der Waals surface area contributed by atoms with Crippen molar-refractivity contribution in [3.05, 3.63) is 0 Å². The van der Waals surface area contributed by atoms with E-state index in [-0.39, 0.29) is 0 Å². The van der Waals surface area contributed by atoms with Crippen LogP contribution in [0.25, 0.3) is 0 Å². The molecule has 0 saturated heterocycles. The molecular formula is C6H2F5NO3. The predicted molar refractivity (Wildman–Crippen MR) is 33.9 cm³/mol. The van der Waals surface area contributed by atoms with Crippen molar-refractivity contribution < 1.29 is 36.5 Å². The van der Waals surface area contributed by atoms with Gasteiger partial charge in [-0.05, 0) is 0 Å². The quantitative estimate of drug-likeness (QED) is 0.219. The second-order valence-electron chi connectivity index (χ2n) is 1.91. The molecule has 0 aromatic heterocycles. The molecule has 0 bridgehead atoms. The van der Waals surface area contributed by atoms with Crippen LogP contribution in [0.1, 0.15) is 0 Å². The van der Waals surface area contributed by atoms with Gasteiger partial charge in [0.1, 0.15) is 0 Å². The Labute approximate surface area is 79.5 Å². The summed E-state index contributed by atoms with van der Waals surface area (Å²) in [5, 5.41) is -2.06. The lowest BCUT2D eigenvalue weighted by Gasteiger charge is -1.99. The fraction of sp³-hybridized carbons (Fsp3) is 0.333. The molecule has 9 heteroatoms.